The van der Waals surface area contributed by atoms with Crippen LogP contribution in [0.1, 0.15) is 52.9 Å². The molecular formula is C28H35F3N4O4. The number of hydrogen-bond donors (Lipinski definition) is 1. The first kappa shape index (κ1) is 32.5. The zero-order chi connectivity index (χ0) is 29.7. The summed E-state index contributed by atoms with van der Waals surface area (Å²) in [5.74, 6) is -1.83. The molecule has 2 aliphatic heterocycles. The van der Waals surface area contributed by atoms with Gasteiger partial charge in [0, 0.05) is 27.4 Å². The van der Waals surface area contributed by atoms with Crippen LogP contribution in [0.2, 0.25) is 0 Å². The fourth-order valence-corrected chi connectivity index (χ4v) is 3.60. The van der Waals surface area contributed by atoms with Gasteiger partial charge in [-0.15, -0.1) is 0 Å². The molecule has 0 aliphatic carbocycles. The van der Waals surface area contributed by atoms with Crippen LogP contribution in [-0.4, -0.2) is 49.1 Å². The standard InChI is InChI=1S/C18H17F2N3O.C7H6FNO2.C2H6.CH2O.2H2/c1-10-18(16-13(19)6-7-14(21-3)17(16)20)22-9-15-12(11(2)24)5-4-8-23(10)15;1-11-7-5(4-10)2-6(8)3-9-7;2*1-2;;/h4,6-9,21H,5H2,1-3H3;2-4H,1H3;1-2H3;1H2;2*1H. The van der Waals surface area contributed by atoms with E-state index in [1.807, 2.05) is 26.7 Å². The van der Waals surface area contributed by atoms with Crippen LogP contribution >= 0.6 is 0 Å². The highest BCUT2D eigenvalue weighted by Crippen LogP contribution is 2.36. The number of carbonyl (C=O) groups is 3. The number of aromatic nitrogens is 1. The topological polar surface area (TPSA) is 101 Å². The van der Waals surface area contributed by atoms with Gasteiger partial charge in [-0.25, -0.2) is 18.2 Å². The van der Waals surface area contributed by atoms with Crippen molar-refractivity contribution in [1.29, 1.82) is 0 Å². The minimum Gasteiger partial charge on any atom is -0.480 e. The Hall–Kier alpha value is -4.54. The smallest absolute Gasteiger partial charge is 0.223 e. The number of anilines is 1. The highest BCUT2D eigenvalue weighted by atomic mass is 19.1. The number of fused-ring (bicyclic) bond motifs is 1. The number of nitrogens with one attached hydrogen (secondary N) is 1. The van der Waals surface area contributed by atoms with Gasteiger partial charge in [-0.05, 0) is 38.5 Å². The number of aldehydes is 1. The maximum absolute atomic E-state index is 14.6. The quantitative estimate of drug-likeness (QED) is 0.443. The molecule has 0 unspecified atom stereocenters. The number of benzene rings is 1. The zero-order valence-electron chi connectivity index (χ0n) is 22.6. The number of allylic oxidation sites excluding steroid dienone is 4. The van der Waals surface area contributed by atoms with E-state index in [1.54, 1.807) is 25.1 Å². The molecule has 8 nitrogen and oxygen atoms in total. The second kappa shape index (κ2) is 15.7. The third kappa shape index (κ3) is 7.50. The summed E-state index contributed by atoms with van der Waals surface area (Å²) in [6.45, 7) is 9.22. The predicted molar refractivity (Wildman–Crippen MR) is 149 cm³/mol. The molecular weight excluding hydrogens is 513 g/mol. The molecule has 2 aromatic rings. The van der Waals surface area contributed by atoms with Gasteiger partial charge in [0.05, 0.1) is 47.7 Å². The van der Waals surface area contributed by atoms with Crippen molar-refractivity contribution in [1.82, 2.24) is 9.88 Å². The van der Waals surface area contributed by atoms with Crippen LogP contribution < -0.4 is 10.1 Å². The van der Waals surface area contributed by atoms with Crippen LogP contribution in [0.3, 0.4) is 0 Å². The monoisotopic (exact) mass is 548 g/mol. The molecule has 1 aromatic carbocycles. The summed E-state index contributed by atoms with van der Waals surface area (Å²) >= 11 is 0. The van der Waals surface area contributed by atoms with Crippen molar-refractivity contribution < 1.29 is 35.1 Å². The van der Waals surface area contributed by atoms with Crippen molar-refractivity contribution in [2.75, 3.05) is 19.5 Å². The minimum absolute atomic E-state index is 0. The highest BCUT2D eigenvalue weighted by molar-refractivity contribution is 6.02. The molecule has 11 heteroatoms. The summed E-state index contributed by atoms with van der Waals surface area (Å²) in [5, 5.41) is 2.70. The van der Waals surface area contributed by atoms with E-state index in [2.05, 4.69) is 20.0 Å². The Morgan fingerprint density at radius 3 is 2.46 bits per heavy atom. The van der Waals surface area contributed by atoms with E-state index >= 15 is 0 Å². The van der Waals surface area contributed by atoms with E-state index in [4.69, 9.17) is 4.79 Å². The van der Waals surface area contributed by atoms with Gasteiger partial charge >= 0.3 is 0 Å². The predicted octanol–water partition coefficient (Wildman–Crippen LogP) is 6.22. The van der Waals surface area contributed by atoms with Crippen LogP contribution in [0.5, 0.6) is 5.88 Å². The molecule has 0 bridgehead atoms. The maximum atomic E-state index is 14.6. The summed E-state index contributed by atoms with van der Waals surface area (Å²) in [7, 11) is 2.94. The van der Waals surface area contributed by atoms with E-state index < -0.39 is 17.5 Å². The second-order valence-corrected chi connectivity index (χ2v) is 7.47. The third-order valence-electron chi connectivity index (χ3n) is 5.35. The Kier molecular flexibility index (Phi) is 13.0. The molecule has 0 atom stereocenters. The first-order valence-corrected chi connectivity index (χ1v) is 11.8. The molecule has 4 rings (SSSR count). The van der Waals surface area contributed by atoms with Gasteiger partial charge in [0.25, 0.3) is 0 Å². The number of nitrogens with zero attached hydrogens (tertiary/aromatic N) is 3. The van der Waals surface area contributed by atoms with Crippen molar-refractivity contribution in [2.24, 2.45) is 4.99 Å². The number of halogens is 3. The Labute approximate surface area is 228 Å². The minimum atomic E-state index is -0.691. The molecule has 0 amide bonds. The molecule has 0 saturated carbocycles. The third-order valence-corrected chi connectivity index (χ3v) is 5.35. The molecule has 39 heavy (non-hydrogen) atoms. The number of ether oxygens (including phenoxy) is 1. The zero-order valence-corrected chi connectivity index (χ0v) is 22.6. The number of pyridine rings is 1. The summed E-state index contributed by atoms with van der Waals surface area (Å²) in [5.41, 5.74) is 2.18. The summed E-state index contributed by atoms with van der Waals surface area (Å²) < 4.78 is 46.0. The SMILES string of the molecule is C=O.CC.CNc1ccc(F)c(C2=C(C)N3C=CCC(C(C)=O)=C3C=N2)c1F.COc1ncc(F)cc1C=O.[HH].[HH]. The van der Waals surface area contributed by atoms with Gasteiger partial charge in [0.15, 0.2) is 17.9 Å². The molecule has 3 heterocycles. The lowest BCUT2D eigenvalue weighted by atomic mass is 9.99. The Balaban J connectivity index is 0. The molecule has 212 valence electrons. The lowest BCUT2D eigenvalue weighted by molar-refractivity contribution is -0.113. The number of methoxy groups -OCH3 is 1. The number of aliphatic imine (C=N–C) groups is 1. The van der Waals surface area contributed by atoms with E-state index in [-0.39, 0.29) is 37.0 Å². The number of hydrogen-bond acceptors (Lipinski definition) is 8. The maximum Gasteiger partial charge on any atom is 0.223 e. The molecule has 1 N–H and O–H groups in total. The highest BCUT2D eigenvalue weighted by Gasteiger charge is 2.27. The first-order chi connectivity index (χ1) is 18.7. The average Bonchev–Trinajstić information content (AvgIpc) is 2.96. The number of ketones is 1. The van der Waals surface area contributed by atoms with Crippen LogP contribution in [0.25, 0.3) is 5.70 Å². The average molecular weight is 549 g/mol. The summed E-state index contributed by atoms with van der Waals surface area (Å²) in [4.78, 5) is 39.6. The fraction of sp³-hybridized carbons (Fsp3) is 0.250. The molecule has 0 saturated heterocycles. The molecule has 0 spiro atoms. The lowest BCUT2D eigenvalue weighted by Crippen LogP contribution is -2.26. The summed E-state index contributed by atoms with van der Waals surface area (Å²) in [6.07, 6.45) is 7.14. The first-order valence-electron chi connectivity index (χ1n) is 11.8. The van der Waals surface area contributed by atoms with E-state index in [0.29, 0.717) is 29.7 Å². The van der Waals surface area contributed by atoms with Crippen LogP contribution in [0.4, 0.5) is 18.9 Å². The molecule has 2 aliphatic rings. The van der Waals surface area contributed by atoms with Crippen LogP contribution in [0, 0.1) is 17.5 Å². The van der Waals surface area contributed by atoms with E-state index in [1.165, 1.54) is 32.4 Å². The van der Waals surface area contributed by atoms with Crippen molar-refractivity contribution in [2.45, 2.75) is 34.1 Å². The van der Waals surface area contributed by atoms with Crippen molar-refractivity contribution in [3.63, 3.8) is 0 Å². The van der Waals surface area contributed by atoms with Gasteiger partial charge in [-0.2, -0.15) is 0 Å². The van der Waals surface area contributed by atoms with Crippen LogP contribution in [-0.2, 0) is 9.59 Å². The Morgan fingerprint density at radius 2 is 1.90 bits per heavy atom. The van der Waals surface area contributed by atoms with Crippen molar-refractivity contribution in [3.05, 3.63) is 82.2 Å². The molecule has 0 fully saturated rings. The Morgan fingerprint density at radius 1 is 1.23 bits per heavy atom. The molecule has 1 aromatic heterocycles. The Bertz CT molecular complexity index is 1330. The fourth-order valence-electron chi connectivity index (χ4n) is 3.60. The van der Waals surface area contributed by atoms with E-state index in [9.17, 15) is 22.8 Å². The number of Topliss-reactive ketones (excluding diaryl/α,β-unsaturated/α-hetero) is 1. The molecule has 0 radical (unpaired) electrons. The number of carbonyl (C=O) groups excluding carboxylic acids is 3. The largest absolute Gasteiger partial charge is 0.480 e. The van der Waals surface area contributed by atoms with Gasteiger partial charge < -0.3 is 19.7 Å². The van der Waals surface area contributed by atoms with Gasteiger partial charge in [-0.3, -0.25) is 14.6 Å². The van der Waals surface area contributed by atoms with Crippen molar-refractivity contribution >= 4 is 36.5 Å². The van der Waals surface area contributed by atoms with Crippen molar-refractivity contribution in [3.8, 4) is 5.88 Å². The summed E-state index contributed by atoms with van der Waals surface area (Å²) in [6, 6.07) is 3.62. The van der Waals surface area contributed by atoms with Crippen LogP contribution in [0.15, 0.2) is 58.6 Å². The van der Waals surface area contributed by atoms with E-state index in [0.717, 1.165) is 12.3 Å². The van der Waals surface area contributed by atoms with Gasteiger partial charge in [0.2, 0.25) is 5.88 Å². The van der Waals surface area contributed by atoms with Gasteiger partial charge in [-0.1, -0.05) is 19.9 Å². The second-order valence-electron chi connectivity index (χ2n) is 7.47. The normalized spacial score (nSPS) is 13.1. The number of rotatable bonds is 5. The lowest BCUT2D eigenvalue weighted by Gasteiger charge is -2.31. The van der Waals surface area contributed by atoms with Gasteiger partial charge in [0.1, 0.15) is 18.4 Å².